The highest BCUT2D eigenvalue weighted by Crippen LogP contribution is 2.50. The lowest BCUT2D eigenvalue weighted by Crippen LogP contribution is -2.42. The lowest BCUT2D eigenvalue weighted by molar-refractivity contribution is -0.0155. The summed E-state index contributed by atoms with van der Waals surface area (Å²) in [6.45, 7) is -1.17. The number of hydrogen-bond acceptors (Lipinski definition) is 14. The van der Waals surface area contributed by atoms with Crippen LogP contribution in [0.1, 0.15) is 34.5 Å². The molecular weight excluding hydrogens is 704 g/mol. The van der Waals surface area contributed by atoms with Crippen LogP contribution in [0.3, 0.4) is 0 Å². The van der Waals surface area contributed by atoms with Gasteiger partial charge in [-0.15, -0.1) is 0 Å². The molecule has 4 aromatic rings. The van der Waals surface area contributed by atoms with E-state index < -0.39 is 48.5 Å². The highest BCUT2D eigenvalue weighted by molar-refractivity contribution is 5.81. The second-order valence-corrected chi connectivity index (χ2v) is 13.9. The minimum atomic E-state index is -1.59. The first-order valence-electron chi connectivity index (χ1n) is 17.3. The molecule has 4 aromatic carbocycles. The summed E-state index contributed by atoms with van der Waals surface area (Å²) in [4.78, 5) is 0. The summed E-state index contributed by atoms with van der Waals surface area (Å²) in [5.41, 5.74) is -0.782. The Labute approximate surface area is 311 Å². The summed E-state index contributed by atoms with van der Waals surface area (Å²) >= 11 is 0. The largest absolute Gasteiger partial charge is 0.504 e. The summed E-state index contributed by atoms with van der Waals surface area (Å²) in [6, 6.07) is 15.6. The molecule has 14 heteroatoms. The zero-order valence-corrected chi connectivity index (χ0v) is 30.4. The highest BCUT2D eigenvalue weighted by atomic mass is 16.5. The van der Waals surface area contributed by atoms with Gasteiger partial charge < -0.3 is 69.3 Å². The van der Waals surface area contributed by atoms with Gasteiger partial charge in [-0.05, 0) is 70.8 Å². The zero-order valence-electron chi connectivity index (χ0n) is 30.4. The molecule has 0 radical (unpaired) electrons. The van der Waals surface area contributed by atoms with E-state index in [9.17, 15) is 40.9 Å². The molecule has 0 saturated carbocycles. The molecular formula is C40H46O14. The molecule has 2 aliphatic heterocycles. The maximum Gasteiger partial charge on any atom is 0.165 e. The topological polar surface area (TPSA) is 217 Å². The van der Waals surface area contributed by atoms with Crippen LogP contribution >= 0.6 is 0 Å². The van der Waals surface area contributed by atoms with Crippen molar-refractivity contribution in [2.45, 2.75) is 36.3 Å². The molecule has 0 bridgehead atoms. The second-order valence-electron chi connectivity index (χ2n) is 13.9. The second kappa shape index (κ2) is 15.4. The van der Waals surface area contributed by atoms with Crippen LogP contribution in [0.4, 0.5) is 0 Å². The number of aliphatic hydroxyl groups is 4. The maximum absolute atomic E-state index is 12.0. The maximum atomic E-state index is 12.0. The molecule has 2 heterocycles. The van der Waals surface area contributed by atoms with E-state index in [0.29, 0.717) is 22.3 Å². The van der Waals surface area contributed by atoms with Crippen molar-refractivity contribution in [2.75, 3.05) is 54.9 Å². The molecule has 290 valence electrons. The summed E-state index contributed by atoms with van der Waals surface area (Å²) in [5, 5.41) is 87.9. The molecule has 54 heavy (non-hydrogen) atoms. The van der Waals surface area contributed by atoms with Crippen molar-refractivity contribution in [1.82, 2.24) is 0 Å². The van der Waals surface area contributed by atoms with Crippen molar-refractivity contribution >= 4 is 0 Å². The fraction of sp³-hybridized carbons (Fsp3) is 0.400. The van der Waals surface area contributed by atoms with E-state index in [0.717, 1.165) is 0 Å². The molecule has 2 aliphatic rings. The predicted octanol–water partition coefficient (Wildman–Crippen LogP) is 3.52. The van der Waals surface area contributed by atoms with Crippen LogP contribution in [0.5, 0.6) is 46.0 Å². The molecule has 6 atom stereocenters. The van der Waals surface area contributed by atoms with Crippen LogP contribution < -0.4 is 18.9 Å². The minimum absolute atomic E-state index is 0.0458. The summed E-state index contributed by atoms with van der Waals surface area (Å²) in [7, 11) is 5.55. The van der Waals surface area contributed by atoms with E-state index in [1.54, 1.807) is 48.5 Å². The SMILES string of the molecule is COc1cc([C@H]2OC[C@](O)(Cc3cc(OC)c(O)c(-c4cc(C[C@@]5(O)CO[C@@H](c6ccc(O)c(OC)c6)[C@@H]5CO)cc(OC)c4O)c3)[C@H]2CO)ccc1O. The van der Waals surface area contributed by atoms with E-state index in [4.69, 9.17) is 28.4 Å². The molecule has 6 rings (SSSR count). The van der Waals surface area contributed by atoms with Crippen molar-refractivity contribution < 1.29 is 69.3 Å². The first-order chi connectivity index (χ1) is 25.8. The Bertz CT molecular complexity index is 1840. The fourth-order valence-corrected chi connectivity index (χ4v) is 7.74. The van der Waals surface area contributed by atoms with Crippen molar-refractivity contribution in [3.63, 3.8) is 0 Å². The first kappa shape index (κ1) is 38.8. The van der Waals surface area contributed by atoms with E-state index in [2.05, 4.69) is 0 Å². The Morgan fingerprint density at radius 2 is 0.926 bits per heavy atom. The fourth-order valence-electron chi connectivity index (χ4n) is 7.74. The van der Waals surface area contributed by atoms with Gasteiger partial charge in [0, 0.05) is 35.8 Å². The van der Waals surface area contributed by atoms with E-state index in [1.165, 1.54) is 40.6 Å². The molecule has 14 nitrogen and oxygen atoms in total. The van der Waals surface area contributed by atoms with Crippen LogP contribution in [0.15, 0.2) is 60.7 Å². The number of aromatic hydroxyl groups is 4. The van der Waals surface area contributed by atoms with Crippen LogP contribution in [0.2, 0.25) is 0 Å². The average Bonchev–Trinajstić information content (AvgIpc) is 3.68. The number of hydrogen-bond donors (Lipinski definition) is 8. The van der Waals surface area contributed by atoms with E-state index in [1.807, 2.05) is 0 Å². The zero-order chi connectivity index (χ0) is 38.9. The summed E-state index contributed by atoms with van der Waals surface area (Å²) in [5.74, 6) is -1.83. The van der Waals surface area contributed by atoms with Crippen molar-refractivity contribution in [3.05, 3.63) is 82.9 Å². The number of phenols is 4. The van der Waals surface area contributed by atoms with Gasteiger partial charge >= 0.3 is 0 Å². The van der Waals surface area contributed by atoms with Gasteiger partial charge in [0.25, 0.3) is 0 Å². The monoisotopic (exact) mass is 750 g/mol. The van der Waals surface area contributed by atoms with Gasteiger partial charge in [0.15, 0.2) is 46.0 Å². The molecule has 2 saturated heterocycles. The molecule has 0 amide bonds. The van der Waals surface area contributed by atoms with Crippen molar-refractivity contribution in [2.24, 2.45) is 11.8 Å². The third-order valence-electron chi connectivity index (χ3n) is 10.6. The molecule has 0 unspecified atom stereocenters. The number of rotatable bonds is 13. The molecule has 0 aliphatic carbocycles. The number of methoxy groups -OCH3 is 4. The molecule has 0 spiro atoms. The Balaban J connectivity index is 1.33. The summed E-state index contributed by atoms with van der Waals surface area (Å²) in [6.07, 6.45) is -1.57. The highest BCUT2D eigenvalue weighted by Gasteiger charge is 2.50. The smallest absolute Gasteiger partial charge is 0.165 e. The minimum Gasteiger partial charge on any atom is -0.504 e. The van der Waals surface area contributed by atoms with Crippen LogP contribution in [0.25, 0.3) is 11.1 Å². The Kier molecular flexibility index (Phi) is 11.1. The lowest BCUT2D eigenvalue weighted by atomic mass is 9.79. The number of phenolic OH excluding ortho intramolecular Hbond substituents is 4. The lowest BCUT2D eigenvalue weighted by Gasteiger charge is -2.30. The Morgan fingerprint density at radius 3 is 1.26 bits per heavy atom. The number of aliphatic hydroxyl groups excluding tert-OH is 2. The van der Waals surface area contributed by atoms with Gasteiger partial charge in [0.1, 0.15) is 0 Å². The molecule has 8 N–H and O–H groups in total. The number of ether oxygens (including phenoxy) is 6. The van der Waals surface area contributed by atoms with E-state index in [-0.39, 0.29) is 83.2 Å². The van der Waals surface area contributed by atoms with E-state index >= 15 is 0 Å². The average molecular weight is 751 g/mol. The number of benzene rings is 4. The Hall–Kier alpha value is -4.96. The predicted molar refractivity (Wildman–Crippen MR) is 193 cm³/mol. The molecule has 2 fully saturated rings. The van der Waals surface area contributed by atoms with Crippen LogP contribution in [0, 0.1) is 11.8 Å². The third kappa shape index (κ3) is 7.04. The quantitative estimate of drug-likeness (QED) is 0.0982. The van der Waals surface area contributed by atoms with Crippen molar-refractivity contribution in [3.8, 4) is 57.1 Å². The third-order valence-corrected chi connectivity index (χ3v) is 10.6. The van der Waals surface area contributed by atoms with Gasteiger partial charge in [-0.3, -0.25) is 0 Å². The van der Waals surface area contributed by atoms with Crippen LogP contribution in [-0.2, 0) is 22.3 Å². The van der Waals surface area contributed by atoms with Gasteiger partial charge in [-0.25, -0.2) is 0 Å². The van der Waals surface area contributed by atoms with Crippen molar-refractivity contribution in [1.29, 1.82) is 0 Å². The Morgan fingerprint density at radius 1 is 0.556 bits per heavy atom. The van der Waals surface area contributed by atoms with Crippen LogP contribution in [-0.4, -0.2) is 107 Å². The van der Waals surface area contributed by atoms with Gasteiger partial charge in [0.2, 0.25) is 0 Å². The molecule has 0 aromatic heterocycles. The normalized spacial score (nSPS) is 25.1. The van der Waals surface area contributed by atoms with Gasteiger partial charge in [-0.2, -0.15) is 0 Å². The standard InChI is InChI=1S/C40H46O14/c1-49-31-13-23(5-7-29(31)43)37-27(17-41)39(47,19-53-37)15-21-9-25(35(45)33(11-21)51-3)26-10-22(12-34(52-4)36(26)46)16-40(48)20-54-38(28(40)18-42)24-6-8-30(44)32(14-24)50-2/h5-14,27-28,37-38,41-48H,15-20H2,1-4H3/t27-,28-,37-,38+,39+,40+/m0/s1. The summed E-state index contributed by atoms with van der Waals surface area (Å²) < 4.78 is 33.5. The van der Waals surface area contributed by atoms with Gasteiger partial charge in [0.05, 0.1) is 78.3 Å². The first-order valence-corrected chi connectivity index (χ1v) is 17.3. The van der Waals surface area contributed by atoms with Gasteiger partial charge in [-0.1, -0.05) is 12.1 Å².